The Morgan fingerprint density at radius 3 is 3.18 bits per heavy atom. The Labute approximate surface area is 106 Å². The Morgan fingerprint density at radius 2 is 2.47 bits per heavy atom. The summed E-state index contributed by atoms with van der Waals surface area (Å²) in [5.41, 5.74) is 0. The molecule has 1 aromatic heterocycles. The molecule has 1 N–H and O–H groups in total. The molecule has 2 heterocycles. The fourth-order valence-corrected chi connectivity index (χ4v) is 2.96. The number of aryl methyl sites for hydroxylation is 1. The average molecular weight is 253 g/mol. The van der Waals surface area contributed by atoms with Crippen LogP contribution in [0, 0.1) is 0 Å². The normalized spacial score (nSPS) is 20.5. The summed E-state index contributed by atoms with van der Waals surface area (Å²) in [5, 5.41) is 11.6. The van der Waals surface area contributed by atoms with Crippen LogP contribution in [0.5, 0.6) is 0 Å². The largest absolute Gasteiger partial charge is 0.391 e. The van der Waals surface area contributed by atoms with Crippen LogP contribution in [0.4, 0.5) is 0 Å². The first kappa shape index (κ1) is 12.6. The van der Waals surface area contributed by atoms with Crippen LogP contribution in [0.15, 0.2) is 17.5 Å². The first-order chi connectivity index (χ1) is 8.25. The zero-order chi connectivity index (χ0) is 12.1. The van der Waals surface area contributed by atoms with Crippen LogP contribution in [-0.2, 0) is 11.2 Å². The average Bonchev–Trinajstić information content (AvgIpc) is 2.82. The smallest absolute Gasteiger partial charge is 0.222 e. The summed E-state index contributed by atoms with van der Waals surface area (Å²) in [6, 6.07) is 4.16. The molecule has 0 bridgehead atoms. The van der Waals surface area contributed by atoms with E-state index in [2.05, 4.69) is 11.4 Å². The number of hydrogen-bond acceptors (Lipinski definition) is 3. The van der Waals surface area contributed by atoms with Gasteiger partial charge in [0.25, 0.3) is 0 Å². The van der Waals surface area contributed by atoms with Crippen LogP contribution < -0.4 is 0 Å². The molecular weight excluding hydrogens is 234 g/mol. The number of amides is 1. The van der Waals surface area contributed by atoms with Gasteiger partial charge in [0.15, 0.2) is 0 Å². The van der Waals surface area contributed by atoms with Gasteiger partial charge in [-0.05, 0) is 37.1 Å². The highest BCUT2D eigenvalue weighted by Crippen LogP contribution is 2.15. The third-order valence-corrected chi connectivity index (χ3v) is 4.08. The Morgan fingerprint density at radius 1 is 1.59 bits per heavy atom. The minimum absolute atomic E-state index is 0.195. The van der Waals surface area contributed by atoms with Crippen LogP contribution >= 0.6 is 11.3 Å². The lowest BCUT2D eigenvalue weighted by molar-refractivity contribution is -0.134. The van der Waals surface area contributed by atoms with Gasteiger partial charge in [-0.3, -0.25) is 4.79 Å². The van der Waals surface area contributed by atoms with Gasteiger partial charge >= 0.3 is 0 Å². The minimum atomic E-state index is -0.315. The third-order valence-electron chi connectivity index (χ3n) is 3.14. The Hall–Kier alpha value is -0.870. The van der Waals surface area contributed by atoms with E-state index in [4.69, 9.17) is 0 Å². The van der Waals surface area contributed by atoms with Crippen LogP contribution in [0.3, 0.4) is 0 Å². The van der Waals surface area contributed by atoms with Crippen LogP contribution in [-0.4, -0.2) is 35.1 Å². The highest BCUT2D eigenvalue weighted by molar-refractivity contribution is 7.09. The summed E-state index contributed by atoms with van der Waals surface area (Å²) in [6.45, 7) is 1.34. The summed E-state index contributed by atoms with van der Waals surface area (Å²) in [4.78, 5) is 15.0. The zero-order valence-corrected chi connectivity index (χ0v) is 10.8. The summed E-state index contributed by atoms with van der Waals surface area (Å²) < 4.78 is 0. The quantitative estimate of drug-likeness (QED) is 0.892. The van der Waals surface area contributed by atoms with Crippen molar-refractivity contribution < 1.29 is 9.90 Å². The van der Waals surface area contributed by atoms with Gasteiger partial charge in [-0.15, -0.1) is 11.3 Å². The maximum atomic E-state index is 11.9. The first-order valence-electron chi connectivity index (χ1n) is 6.24. The van der Waals surface area contributed by atoms with Crippen molar-refractivity contribution in [2.45, 2.75) is 38.2 Å². The van der Waals surface area contributed by atoms with Crippen molar-refractivity contribution in [3.05, 3.63) is 22.4 Å². The molecule has 1 fully saturated rings. The summed E-state index contributed by atoms with van der Waals surface area (Å²) in [5.74, 6) is 0.195. The molecule has 1 aliphatic rings. The fraction of sp³-hybridized carbons (Fsp3) is 0.615. The molecule has 94 valence electrons. The number of aliphatic hydroxyl groups excluding tert-OH is 1. The Balaban J connectivity index is 1.70. The second-order valence-electron chi connectivity index (χ2n) is 4.57. The van der Waals surface area contributed by atoms with Crippen LogP contribution in [0.2, 0.25) is 0 Å². The number of piperidine rings is 1. The molecule has 1 saturated heterocycles. The number of hydrogen-bond donors (Lipinski definition) is 1. The number of likely N-dealkylation sites (tertiary alicyclic amines) is 1. The summed E-state index contributed by atoms with van der Waals surface area (Å²) in [6.07, 6.45) is 3.94. The monoisotopic (exact) mass is 253 g/mol. The SMILES string of the molecule is O=C(CCCc1cccs1)N1CCCC(O)C1. The van der Waals surface area contributed by atoms with Crippen molar-refractivity contribution in [1.29, 1.82) is 0 Å². The van der Waals surface area contributed by atoms with Crippen molar-refractivity contribution in [2.75, 3.05) is 13.1 Å². The van der Waals surface area contributed by atoms with E-state index in [1.165, 1.54) is 4.88 Å². The van der Waals surface area contributed by atoms with Crippen molar-refractivity contribution >= 4 is 17.2 Å². The zero-order valence-electron chi connectivity index (χ0n) is 9.97. The number of thiophene rings is 1. The van der Waals surface area contributed by atoms with Crippen LogP contribution in [0.1, 0.15) is 30.6 Å². The Kier molecular flexibility index (Phi) is 4.57. The topological polar surface area (TPSA) is 40.5 Å². The van der Waals surface area contributed by atoms with Gasteiger partial charge in [0.1, 0.15) is 0 Å². The van der Waals surface area contributed by atoms with Crippen molar-refractivity contribution in [2.24, 2.45) is 0 Å². The molecule has 1 aliphatic heterocycles. The summed E-state index contributed by atoms with van der Waals surface area (Å²) >= 11 is 1.75. The molecule has 4 heteroatoms. The van der Waals surface area contributed by atoms with Crippen molar-refractivity contribution in [3.63, 3.8) is 0 Å². The van der Waals surface area contributed by atoms with Crippen LogP contribution in [0.25, 0.3) is 0 Å². The second kappa shape index (κ2) is 6.17. The van der Waals surface area contributed by atoms with Gasteiger partial charge in [-0.25, -0.2) is 0 Å². The molecule has 0 spiro atoms. The van der Waals surface area contributed by atoms with Gasteiger partial charge < -0.3 is 10.0 Å². The number of rotatable bonds is 4. The second-order valence-corrected chi connectivity index (χ2v) is 5.60. The van der Waals surface area contributed by atoms with Crippen molar-refractivity contribution in [3.8, 4) is 0 Å². The van der Waals surface area contributed by atoms with E-state index in [1.54, 1.807) is 11.3 Å². The molecule has 0 aliphatic carbocycles. The molecule has 17 heavy (non-hydrogen) atoms. The van der Waals surface area contributed by atoms with E-state index >= 15 is 0 Å². The Bertz CT molecular complexity index is 350. The highest BCUT2D eigenvalue weighted by Gasteiger charge is 2.21. The number of β-amino-alcohol motifs (C(OH)–C–C–N with tert-alkyl or cyclic N) is 1. The van der Waals surface area contributed by atoms with Gasteiger partial charge in [0, 0.05) is 24.4 Å². The molecule has 1 amide bonds. The standard InChI is InChI=1S/C13H19NO2S/c15-11-4-2-8-14(10-11)13(16)7-1-5-12-6-3-9-17-12/h3,6,9,11,15H,1-2,4-5,7-8,10H2. The highest BCUT2D eigenvalue weighted by atomic mass is 32.1. The van der Waals surface area contributed by atoms with Gasteiger partial charge in [0.2, 0.25) is 5.91 Å². The number of nitrogens with zero attached hydrogens (tertiary/aromatic N) is 1. The first-order valence-corrected chi connectivity index (χ1v) is 7.12. The predicted octanol–water partition coefficient (Wildman–Crippen LogP) is 2.05. The van der Waals surface area contributed by atoms with E-state index in [1.807, 2.05) is 11.0 Å². The molecule has 0 radical (unpaired) electrons. The maximum Gasteiger partial charge on any atom is 0.222 e. The van der Waals surface area contributed by atoms with Gasteiger partial charge in [-0.1, -0.05) is 6.07 Å². The predicted molar refractivity (Wildman–Crippen MR) is 69.1 cm³/mol. The lowest BCUT2D eigenvalue weighted by atomic mass is 10.1. The molecule has 3 nitrogen and oxygen atoms in total. The minimum Gasteiger partial charge on any atom is -0.391 e. The van der Waals surface area contributed by atoms with Gasteiger partial charge in [-0.2, -0.15) is 0 Å². The van der Waals surface area contributed by atoms with E-state index in [9.17, 15) is 9.90 Å². The molecule has 2 rings (SSSR count). The van der Waals surface area contributed by atoms with E-state index in [0.29, 0.717) is 13.0 Å². The lowest BCUT2D eigenvalue weighted by Crippen LogP contribution is -2.42. The van der Waals surface area contributed by atoms with E-state index in [-0.39, 0.29) is 12.0 Å². The third kappa shape index (κ3) is 3.82. The number of carbonyl (C=O) groups excluding carboxylic acids is 1. The molecule has 1 aromatic rings. The van der Waals surface area contributed by atoms with Gasteiger partial charge in [0.05, 0.1) is 6.10 Å². The molecular formula is C13H19NO2S. The number of aliphatic hydroxyl groups is 1. The maximum absolute atomic E-state index is 11.9. The number of carbonyl (C=O) groups is 1. The molecule has 0 aromatic carbocycles. The summed E-state index contributed by atoms with van der Waals surface area (Å²) in [7, 11) is 0. The van der Waals surface area contributed by atoms with E-state index < -0.39 is 0 Å². The fourth-order valence-electron chi connectivity index (χ4n) is 2.21. The van der Waals surface area contributed by atoms with E-state index in [0.717, 1.165) is 32.2 Å². The van der Waals surface area contributed by atoms with Crippen molar-refractivity contribution in [1.82, 2.24) is 4.90 Å². The molecule has 0 saturated carbocycles. The molecule has 1 unspecified atom stereocenters. The lowest BCUT2D eigenvalue weighted by Gasteiger charge is -2.30. The molecule has 1 atom stereocenters.